The number of nitrogens with one attached hydrogen (secondary N) is 3. The summed E-state index contributed by atoms with van der Waals surface area (Å²) < 4.78 is 6.96. The number of fused-ring (bicyclic) bond motifs is 1. The highest BCUT2D eigenvalue weighted by atomic mass is 16.5. The lowest BCUT2D eigenvalue weighted by Gasteiger charge is -2.09. The maximum absolute atomic E-state index is 12.4. The van der Waals surface area contributed by atoms with E-state index in [9.17, 15) is 14.4 Å². The predicted molar refractivity (Wildman–Crippen MR) is 112 cm³/mol. The van der Waals surface area contributed by atoms with E-state index in [1.165, 1.54) is 0 Å². The Morgan fingerprint density at radius 1 is 1.17 bits per heavy atom. The lowest BCUT2D eigenvalue weighted by atomic mass is 10.0. The fraction of sp³-hybridized carbons (Fsp3) is 0.333. The van der Waals surface area contributed by atoms with E-state index in [0.717, 1.165) is 16.6 Å². The van der Waals surface area contributed by atoms with Crippen LogP contribution in [0.2, 0.25) is 0 Å². The number of aromatic amines is 1. The Balaban J connectivity index is 1.60. The zero-order valence-electron chi connectivity index (χ0n) is 17.5. The van der Waals surface area contributed by atoms with Crippen LogP contribution in [-0.2, 0) is 18.3 Å². The largest absolute Gasteiger partial charge is 0.494 e. The van der Waals surface area contributed by atoms with Gasteiger partial charge in [-0.05, 0) is 57.0 Å². The summed E-state index contributed by atoms with van der Waals surface area (Å²) in [6.45, 7) is 6.15. The smallest absolute Gasteiger partial charge is 0.269 e. The number of benzene rings is 1. The van der Waals surface area contributed by atoms with Crippen LogP contribution in [0.4, 0.5) is 0 Å². The molecular weight excluding hydrogens is 386 g/mol. The molecule has 0 aliphatic heterocycles. The Bertz CT molecular complexity index is 1140. The van der Waals surface area contributed by atoms with E-state index in [1.54, 1.807) is 36.0 Å². The van der Waals surface area contributed by atoms with Gasteiger partial charge in [0.2, 0.25) is 5.91 Å². The number of ether oxygens (including phenoxy) is 1. The van der Waals surface area contributed by atoms with Gasteiger partial charge in [0.1, 0.15) is 11.4 Å². The van der Waals surface area contributed by atoms with Crippen molar-refractivity contribution < 1.29 is 14.3 Å². The summed E-state index contributed by atoms with van der Waals surface area (Å²) in [6, 6.07) is 6.60. The van der Waals surface area contributed by atoms with Crippen molar-refractivity contribution in [1.29, 1.82) is 0 Å². The van der Waals surface area contributed by atoms with Crippen LogP contribution in [0.25, 0.3) is 11.0 Å². The summed E-state index contributed by atoms with van der Waals surface area (Å²) in [4.78, 5) is 39.6. The van der Waals surface area contributed by atoms with Gasteiger partial charge in [0.15, 0.2) is 0 Å². The number of carbonyl (C=O) groups is 2. The van der Waals surface area contributed by atoms with Crippen molar-refractivity contribution in [3.8, 4) is 5.75 Å². The van der Waals surface area contributed by atoms with E-state index in [1.807, 2.05) is 20.8 Å². The molecule has 3 aromatic rings. The van der Waals surface area contributed by atoms with Crippen LogP contribution in [-0.4, -0.2) is 33.2 Å². The second-order valence-corrected chi connectivity index (χ2v) is 6.95. The molecule has 0 saturated carbocycles. The van der Waals surface area contributed by atoms with E-state index in [-0.39, 0.29) is 18.4 Å². The molecule has 0 spiro atoms. The molecule has 3 N–H and O–H groups in total. The van der Waals surface area contributed by atoms with Gasteiger partial charge in [-0.2, -0.15) is 5.10 Å². The number of carbonyl (C=O) groups excluding carboxylic acids is 2. The fourth-order valence-electron chi connectivity index (χ4n) is 3.42. The Morgan fingerprint density at radius 3 is 2.53 bits per heavy atom. The number of rotatable bonds is 6. The fourth-order valence-corrected chi connectivity index (χ4v) is 3.42. The lowest BCUT2D eigenvalue weighted by Crippen LogP contribution is -2.41. The number of hydrogen-bond donors (Lipinski definition) is 3. The molecule has 9 heteroatoms. The average Bonchev–Trinajstić information content (AvgIpc) is 3.00. The number of H-pyrrole nitrogens is 1. The quantitative estimate of drug-likeness (QED) is 0.533. The first-order valence-electron chi connectivity index (χ1n) is 9.69. The number of pyridine rings is 1. The number of amides is 2. The normalized spacial score (nSPS) is 10.8. The number of hydrogen-bond acceptors (Lipinski definition) is 5. The molecule has 0 radical (unpaired) electrons. The Kier molecular flexibility index (Phi) is 6.20. The van der Waals surface area contributed by atoms with Crippen molar-refractivity contribution in [2.24, 2.45) is 7.05 Å². The Morgan fingerprint density at radius 2 is 1.87 bits per heavy atom. The van der Waals surface area contributed by atoms with Crippen molar-refractivity contribution in [3.63, 3.8) is 0 Å². The third kappa shape index (κ3) is 4.35. The van der Waals surface area contributed by atoms with Gasteiger partial charge in [0.25, 0.3) is 11.5 Å². The van der Waals surface area contributed by atoms with Crippen LogP contribution in [0.5, 0.6) is 5.75 Å². The zero-order chi connectivity index (χ0) is 21.8. The van der Waals surface area contributed by atoms with Gasteiger partial charge in [0, 0.05) is 30.0 Å². The maximum atomic E-state index is 12.4. The SMILES string of the molecule is CCOc1ccc(C(=O)NNC(=O)CCc2c(C)c3c(C)nn(C)c3[nH]c2=O)cc1. The average molecular weight is 411 g/mol. The molecule has 2 heterocycles. The molecule has 0 aliphatic carbocycles. The molecule has 1 aromatic carbocycles. The maximum Gasteiger partial charge on any atom is 0.269 e. The second kappa shape index (κ2) is 8.81. The first-order chi connectivity index (χ1) is 14.3. The molecule has 9 nitrogen and oxygen atoms in total. The van der Waals surface area contributed by atoms with Gasteiger partial charge in [-0.15, -0.1) is 0 Å². The molecule has 0 aliphatic rings. The highest BCUT2D eigenvalue weighted by molar-refractivity contribution is 5.95. The highest BCUT2D eigenvalue weighted by Crippen LogP contribution is 2.21. The number of aromatic nitrogens is 3. The van der Waals surface area contributed by atoms with Crippen LogP contribution in [0, 0.1) is 13.8 Å². The van der Waals surface area contributed by atoms with Gasteiger partial charge in [-0.25, -0.2) is 0 Å². The minimum Gasteiger partial charge on any atom is -0.494 e. The number of aryl methyl sites for hydroxylation is 3. The van der Waals surface area contributed by atoms with Crippen LogP contribution in [0.1, 0.15) is 40.5 Å². The van der Waals surface area contributed by atoms with Crippen molar-refractivity contribution in [2.75, 3.05) is 6.61 Å². The van der Waals surface area contributed by atoms with E-state index >= 15 is 0 Å². The van der Waals surface area contributed by atoms with Crippen LogP contribution in [0.15, 0.2) is 29.1 Å². The Labute approximate surface area is 173 Å². The summed E-state index contributed by atoms with van der Waals surface area (Å²) in [5.41, 5.74) is 7.73. The third-order valence-electron chi connectivity index (χ3n) is 4.90. The second-order valence-electron chi connectivity index (χ2n) is 6.95. The minimum absolute atomic E-state index is 0.0539. The van der Waals surface area contributed by atoms with Gasteiger partial charge in [0.05, 0.1) is 12.3 Å². The monoisotopic (exact) mass is 411 g/mol. The molecule has 0 bridgehead atoms. The lowest BCUT2D eigenvalue weighted by molar-refractivity contribution is -0.121. The molecule has 2 amide bonds. The molecule has 30 heavy (non-hydrogen) atoms. The van der Waals surface area contributed by atoms with Crippen molar-refractivity contribution in [2.45, 2.75) is 33.6 Å². The van der Waals surface area contributed by atoms with Gasteiger partial charge in [-0.3, -0.25) is 29.9 Å². The molecule has 0 unspecified atom stereocenters. The first kappa shape index (κ1) is 21.1. The van der Waals surface area contributed by atoms with Crippen molar-refractivity contribution >= 4 is 22.8 Å². The van der Waals surface area contributed by atoms with Crippen LogP contribution in [0.3, 0.4) is 0 Å². The third-order valence-corrected chi connectivity index (χ3v) is 4.90. The summed E-state index contributed by atoms with van der Waals surface area (Å²) in [6.07, 6.45) is 0.300. The topological polar surface area (TPSA) is 118 Å². The minimum atomic E-state index is -0.437. The highest BCUT2D eigenvalue weighted by Gasteiger charge is 2.16. The molecule has 2 aromatic heterocycles. The molecule has 158 valence electrons. The van der Waals surface area contributed by atoms with Gasteiger partial charge < -0.3 is 9.72 Å². The molecule has 0 saturated heterocycles. The standard InChI is InChI=1S/C21H25N5O4/c1-5-30-15-8-6-14(7-9-15)20(28)24-23-17(27)11-10-16-12(2)18-13(3)25-26(4)19(18)22-21(16)29/h6-9H,5,10-11H2,1-4H3,(H,22,29)(H,23,27)(H,24,28). The van der Waals surface area contributed by atoms with E-state index in [2.05, 4.69) is 20.9 Å². The Hall–Kier alpha value is -3.62. The van der Waals surface area contributed by atoms with E-state index in [4.69, 9.17) is 4.74 Å². The summed E-state index contributed by atoms with van der Waals surface area (Å²) >= 11 is 0. The number of hydrazine groups is 1. The van der Waals surface area contributed by atoms with Crippen LogP contribution < -0.4 is 21.1 Å². The molecule has 0 atom stereocenters. The van der Waals surface area contributed by atoms with Crippen molar-refractivity contribution in [1.82, 2.24) is 25.6 Å². The summed E-state index contributed by atoms with van der Waals surface area (Å²) in [5.74, 6) is -0.163. The summed E-state index contributed by atoms with van der Waals surface area (Å²) in [5, 5.41) is 5.22. The van der Waals surface area contributed by atoms with E-state index in [0.29, 0.717) is 29.1 Å². The molecule has 3 rings (SSSR count). The molecular formula is C21H25N5O4. The van der Waals surface area contributed by atoms with E-state index < -0.39 is 11.8 Å². The van der Waals surface area contributed by atoms with Crippen molar-refractivity contribution in [3.05, 3.63) is 57.0 Å². The first-order valence-corrected chi connectivity index (χ1v) is 9.69. The zero-order valence-corrected chi connectivity index (χ0v) is 17.5. The summed E-state index contributed by atoms with van der Waals surface area (Å²) in [7, 11) is 1.77. The predicted octanol–water partition coefficient (Wildman–Crippen LogP) is 1.67. The van der Waals surface area contributed by atoms with Crippen LogP contribution >= 0.6 is 0 Å². The molecule has 0 fully saturated rings. The van der Waals surface area contributed by atoms with Gasteiger partial charge in [-0.1, -0.05) is 0 Å². The number of nitrogens with zero attached hydrogens (tertiary/aromatic N) is 2. The van der Waals surface area contributed by atoms with Gasteiger partial charge >= 0.3 is 0 Å².